The fraction of sp³-hybridized carbons (Fsp3) is 0.789. The summed E-state index contributed by atoms with van der Waals surface area (Å²) in [6, 6.07) is 0. The minimum Gasteiger partial charge on any atom is -0.443 e. The number of aliphatic imine (C=N–C) groups is 1. The summed E-state index contributed by atoms with van der Waals surface area (Å²) in [6.45, 7) is 13.7. The van der Waals surface area contributed by atoms with Gasteiger partial charge in [0.25, 0.3) is 0 Å². The number of nitrogens with zero attached hydrogens (tertiary/aromatic N) is 3. The van der Waals surface area contributed by atoms with Crippen LogP contribution in [0.1, 0.15) is 45.8 Å². The smallest absolute Gasteiger partial charge is 0.216 e. The molecule has 2 rings (SSSR count). The van der Waals surface area contributed by atoms with Crippen LogP contribution in [0.15, 0.2) is 15.6 Å². The fourth-order valence-corrected chi connectivity index (χ4v) is 2.85. The Bertz CT molecular complexity index is 572. The van der Waals surface area contributed by atoms with Gasteiger partial charge >= 0.3 is 0 Å². The molecule has 2 heterocycles. The zero-order valence-electron chi connectivity index (χ0n) is 17.3. The Morgan fingerprint density at radius 2 is 2.19 bits per heavy atom. The molecule has 1 aromatic rings. The van der Waals surface area contributed by atoms with E-state index < -0.39 is 0 Å². The molecular weight excluding hydrogens is 459 g/mol. The summed E-state index contributed by atoms with van der Waals surface area (Å²) >= 11 is 0. The monoisotopic (exact) mass is 494 g/mol. The first-order chi connectivity index (χ1) is 12.4. The van der Waals surface area contributed by atoms with Crippen molar-refractivity contribution in [1.29, 1.82) is 0 Å². The second kappa shape index (κ2) is 11.9. The van der Waals surface area contributed by atoms with Crippen LogP contribution in [0.5, 0.6) is 0 Å². The maximum atomic E-state index is 5.84. The molecule has 0 spiro atoms. The molecule has 1 aromatic heterocycles. The van der Waals surface area contributed by atoms with Crippen LogP contribution in [0, 0.1) is 5.92 Å². The highest BCUT2D eigenvalue weighted by Crippen LogP contribution is 2.23. The number of rotatable bonds is 8. The summed E-state index contributed by atoms with van der Waals surface area (Å²) in [5, 5.41) is 3.37. The topological polar surface area (TPSA) is 72.1 Å². The van der Waals surface area contributed by atoms with E-state index in [1.165, 1.54) is 0 Å². The number of methoxy groups -OCH3 is 1. The number of oxazole rings is 1. The normalized spacial score (nSPS) is 17.9. The maximum Gasteiger partial charge on any atom is 0.216 e. The predicted molar refractivity (Wildman–Crippen MR) is 118 cm³/mol. The van der Waals surface area contributed by atoms with Gasteiger partial charge in [0, 0.05) is 38.1 Å². The average Bonchev–Trinajstić information content (AvgIpc) is 3.24. The molecule has 1 aliphatic rings. The van der Waals surface area contributed by atoms with Crippen molar-refractivity contribution < 1.29 is 13.9 Å². The van der Waals surface area contributed by atoms with Crippen molar-refractivity contribution >= 4 is 29.9 Å². The molecule has 1 fully saturated rings. The van der Waals surface area contributed by atoms with E-state index in [1.807, 2.05) is 0 Å². The summed E-state index contributed by atoms with van der Waals surface area (Å²) in [5.74, 6) is 3.00. The molecule has 0 radical (unpaired) electrons. The van der Waals surface area contributed by atoms with Crippen molar-refractivity contribution in [3.63, 3.8) is 0 Å². The lowest BCUT2D eigenvalue weighted by molar-refractivity contribution is 0.0536. The Hall–Kier alpha value is -0.870. The predicted octanol–water partition coefficient (Wildman–Crippen LogP) is 3.04. The molecule has 7 nitrogen and oxygen atoms in total. The zero-order chi connectivity index (χ0) is 19.0. The zero-order valence-corrected chi connectivity index (χ0v) is 19.6. The minimum atomic E-state index is -0.0372. The highest BCUT2D eigenvalue weighted by Gasteiger charge is 2.25. The SMILES string of the molecule is CCNC(=NCc1ncc(C(C)(C)C)o1)N1CCC(COCCOC)C1.I. The van der Waals surface area contributed by atoms with Crippen molar-refractivity contribution in [2.75, 3.05) is 46.6 Å². The van der Waals surface area contributed by atoms with Gasteiger partial charge in [-0.2, -0.15) is 0 Å². The molecule has 0 aliphatic carbocycles. The lowest BCUT2D eigenvalue weighted by Crippen LogP contribution is -2.40. The van der Waals surface area contributed by atoms with Crippen molar-refractivity contribution in [3.05, 3.63) is 17.8 Å². The Morgan fingerprint density at radius 3 is 2.81 bits per heavy atom. The molecule has 1 atom stereocenters. The number of likely N-dealkylation sites (tertiary alicyclic amines) is 1. The van der Waals surface area contributed by atoms with Gasteiger partial charge in [-0.3, -0.25) is 0 Å². The van der Waals surface area contributed by atoms with Gasteiger partial charge in [0.2, 0.25) is 5.89 Å². The van der Waals surface area contributed by atoms with E-state index in [-0.39, 0.29) is 29.4 Å². The molecule has 1 saturated heterocycles. The number of hydrogen-bond donors (Lipinski definition) is 1. The van der Waals surface area contributed by atoms with Crippen LogP contribution in [0.2, 0.25) is 0 Å². The lowest BCUT2D eigenvalue weighted by atomic mass is 9.94. The molecule has 1 aliphatic heterocycles. The number of halogens is 1. The van der Waals surface area contributed by atoms with Crippen LogP contribution in [0.3, 0.4) is 0 Å². The van der Waals surface area contributed by atoms with E-state index in [4.69, 9.17) is 18.9 Å². The Morgan fingerprint density at radius 1 is 1.41 bits per heavy atom. The molecule has 27 heavy (non-hydrogen) atoms. The van der Waals surface area contributed by atoms with Gasteiger partial charge in [-0.05, 0) is 13.3 Å². The van der Waals surface area contributed by atoms with E-state index in [0.29, 0.717) is 31.6 Å². The quantitative estimate of drug-likeness (QED) is 0.259. The molecular formula is C19H35IN4O3. The summed E-state index contributed by atoms with van der Waals surface area (Å²) in [6.07, 6.45) is 2.92. The number of ether oxygens (including phenoxy) is 2. The van der Waals surface area contributed by atoms with E-state index in [0.717, 1.165) is 44.4 Å². The molecule has 1 unspecified atom stereocenters. The van der Waals surface area contributed by atoms with Gasteiger partial charge in [0.05, 0.1) is 26.0 Å². The maximum absolute atomic E-state index is 5.84. The average molecular weight is 494 g/mol. The second-order valence-corrected chi connectivity index (χ2v) is 7.71. The van der Waals surface area contributed by atoms with Crippen molar-refractivity contribution in [3.8, 4) is 0 Å². The van der Waals surface area contributed by atoms with Crippen LogP contribution >= 0.6 is 24.0 Å². The van der Waals surface area contributed by atoms with Crippen LogP contribution in [0.4, 0.5) is 0 Å². The van der Waals surface area contributed by atoms with Crippen molar-refractivity contribution in [2.45, 2.75) is 46.1 Å². The van der Waals surface area contributed by atoms with E-state index in [2.05, 4.69) is 42.9 Å². The van der Waals surface area contributed by atoms with Crippen molar-refractivity contribution in [1.82, 2.24) is 15.2 Å². The molecule has 0 saturated carbocycles. The second-order valence-electron chi connectivity index (χ2n) is 7.71. The molecule has 1 N–H and O–H groups in total. The van der Waals surface area contributed by atoms with Crippen LogP contribution in [-0.4, -0.2) is 62.4 Å². The van der Waals surface area contributed by atoms with Crippen molar-refractivity contribution in [2.24, 2.45) is 10.9 Å². The van der Waals surface area contributed by atoms with Crippen LogP contribution in [-0.2, 0) is 21.4 Å². The van der Waals surface area contributed by atoms with Crippen LogP contribution < -0.4 is 5.32 Å². The first-order valence-electron chi connectivity index (χ1n) is 9.49. The molecule has 0 amide bonds. The first-order valence-corrected chi connectivity index (χ1v) is 9.49. The van der Waals surface area contributed by atoms with Crippen LogP contribution in [0.25, 0.3) is 0 Å². The highest BCUT2D eigenvalue weighted by molar-refractivity contribution is 14.0. The molecule has 8 heteroatoms. The number of hydrogen-bond acceptors (Lipinski definition) is 5. The lowest BCUT2D eigenvalue weighted by Gasteiger charge is -2.21. The Labute approximate surface area is 180 Å². The summed E-state index contributed by atoms with van der Waals surface area (Å²) < 4.78 is 16.5. The number of aromatic nitrogens is 1. The van der Waals surface area contributed by atoms with E-state index >= 15 is 0 Å². The van der Waals surface area contributed by atoms with Gasteiger partial charge < -0.3 is 24.1 Å². The third-order valence-electron chi connectivity index (χ3n) is 4.36. The summed E-state index contributed by atoms with van der Waals surface area (Å²) in [5.41, 5.74) is -0.0372. The summed E-state index contributed by atoms with van der Waals surface area (Å²) in [4.78, 5) is 11.4. The number of guanidine groups is 1. The molecule has 0 bridgehead atoms. The van der Waals surface area contributed by atoms with Gasteiger partial charge in [-0.25, -0.2) is 9.98 Å². The standard InChI is InChI=1S/C19H34N4O3.HI/c1-6-20-18(22-12-17-21-11-16(26-17)19(2,3)4)23-8-7-15(13-23)14-25-10-9-24-5;/h11,15H,6-10,12-14H2,1-5H3,(H,20,22);1H. The molecule has 156 valence electrons. The summed E-state index contributed by atoms with van der Waals surface area (Å²) in [7, 11) is 1.69. The van der Waals surface area contributed by atoms with E-state index in [1.54, 1.807) is 13.3 Å². The Kier molecular flexibility index (Phi) is 10.6. The van der Waals surface area contributed by atoms with Gasteiger partial charge in [0.1, 0.15) is 12.3 Å². The van der Waals surface area contributed by atoms with Gasteiger partial charge in [-0.15, -0.1) is 24.0 Å². The minimum absolute atomic E-state index is 0. The van der Waals surface area contributed by atoms with Gasteiger partial charge in [0.15, 0.2) is 5.96 Å². The first kappa shape index (κ1) is 24.2. The fourth-order valence-electron chi connectivity index (χ4n) is 2.85. The third kappa shape index (κ3) is 7.95. The Balaban J connectivity index is 0.00000364. The largest absolute Gasteiger partial charge is 0.443 e. The van der Waals surface area contributed by atoms with E-state index in [9.17, 15) is 0 Å². The molecule has 0 aromatic carbocycles. The number of nitrogens with one attached hydrogen (secondary N) is 1. The van der Waals surface area contributed by atoms with Gasteiger partial charge in [-0.1, -0.05) is 20.8 Å². The highest BCUT2D eigenvalue weighted by atomic mass is 127. The third-order valence-corrected chi connectivity index (χ3v) is 4.36.